The van der Waals surface area contributed by atoms with E-state index in [4.69, 9.17) is 4.52 Å². The van der Waals surface area contributed by atoms with E-state index in [1.165, 1.54) is 5.56 Å². The maximum absolute atomic E-state index is 12.5. The monoisotopic (exact) mass is 341 g/mol. The largest absolute Gasteiger partial charge is 0.361 e. The third kappa shape index (κ3) is 3.90. The first kappa shape index (κ1) is 17.2. The minimum atomic E-state index is -0.124. The van der Waals surface area contributed by atoms with E-state index in [0.29, 0.717) is 18.7 Å². The topological polar surface area (TPSA) is 75.4 Å². The highest BCUT2D eigenvalue weighted by Gasteiger charge is 2.22. The van der Waals surface area contributed by atoms with Crippen molar-refractivity contribution in [3.63, 3.8) is 0 Å². The first-order valence-electron chi connectivity index (χ1n) is 8.63. The van der Waals surface area contributed by atoms with Gasteiger partial charge in [0.2, 0.25) is 11.8 Å². The minimum Gasteiger partial charge on any atom is -0.361 e. The normalized spacial score (nSPS) is 13.4. The Bertz CT molecular complexity index is 762. The molecule has 2 aromatic rings. The molecule has 0 saturated heterocycles. The number of nitrogens with zero attached hydrogens (tertiary/aromatic N) is 2. The number of para-hydroxylation sites is 1. The lowest BCUT2D eigenvalue weighted by molar-refractivity contribution is -0.121. The van der Waals surface area contributed by atoms with E-state index in [0.717, 1.165) is 36.3 Å². The lowest BCUT2D eigenvalue weighted by Gasteiger charge is -2.29. The van der Waals surface area contributed by atoms with Crippen LogP contribution in [0.3, 0.4) is 0 Å². The average molecular weight is 341 g/mol. The molecule has 1 aliphatic heterocycles. The fraction of sp³-hybridized carbons (Fsp3) is 0.421. The highest BCUT2D eigenvalue weighted by atomic mass is 16.5. The molecule has 6 heteroatoms. The summed E-state index contributed by atoms with van der Waals surface area (Å²) in [6.45, 7) is 4.68. The van der Waals surface area contributed by atoms with Gasteiger partial charge in [0.25, 0.3) is 0 Å². The third-order valence-electron chi connectivity index (χ3n) is 4.59. The summed E-state index contributed by atoms with van der Waals surface area (Å²) in [5.41, 5.74) is 3.76. The number of amides is 2. The van der Waals surface area contributed by atoms with Crippen LogP contribution in [0.2, 0.25) is 0 Å². The molecule has 2 heterocycles. The molecule has 0 aliphatic carbocycles. The number of anilines is 1. The van der Waals surface area contributed by atoms with Crippen LogP contribution in [0.1, 0.15) is 35.4 Å². The van der Waals surface area contributed by atoms with Gasteiger partial charge in [-0.05, 0) is 38.3 Å². The molecule has 0 radical (unpaired) electrons. The van der Waals surface area contributed by atoms with Crippen LogP contribution in [-0.4, -0.2) is 30.1 Å². The molecule has 1 aromatic heterocycles. The van der Waals surface area contributed by atoms with Crippen LogP contribution < -0.4 is 10.2 Å². The molecule has 0 fully saturated rings. The summed E-state index contributed by atoms with van der Waals surface area (Å²) in [5.74, 6) is 0.583. The Balaban J connectivity index is 1.51. The van der Waals surface area contributed by atoms with Crippen molar-refractivity contribution >= 4 is 17.5 Å². The van der Waals surface area contributed by atoms with Crippen LogP contribution in [0.25, 0.3) is 0 Å². The van der Waals surface area contributed by atoms with Crippen LogP contribution in [0.4, 0.5) is 5.69 Å². The number of rotatable bonds is 5. The van der Waals surface area contributed by atoms with E-state index >= 15 is 0 Å². The van der Waals surface area contributed by atoms with Gasteiger partial charge in [-0.25, -0.2) is 0 Å². The Morgan fingerprint density at radius 3 is 2.84 bits per heavy atom. The van der Waals surface area contributed by atoms with E-state index in [1.54, 1.807) is 6.92 Å². The van der Waals surface area contributed by atoms with Gasteiger partial charge in [0.15, 0.2) is 0 Å². The Labute approximate surface area is 147 Å². The number of benzene rings is 1. The van der Waals surface area contributed by atoms with Crippen LogP contribution >= 0.6 is 0 Å². The first-order chi connectivity index (χ1) is 12.1. The van der Waals surface area contributed by atoms with Crippen LogP contribution in [-0.2, 0) is 22.4 Å². The second-order valence-electron chi connectivity index (χ2n) is 6.36. The van der Waals surface area contributed by atoms with Crippen molar-refractivity contribution in [1.29, 1.82) is 0 Å². The molecule has 0 saturated carbocycles. The van der Waals surface area contributed by atoms with E-state index < -0.39 is 0 Å². The maximum Gasteiger partial charge on any atom is 0.228 e. The minimum absolute atomic E-state index is 0.0461. The summed E-state index contributed by atoms with van der Waals surface area (Å²) in [5, 5.41) is 6.66. The zero-order valence-corrected chi connectivity index (χ0v) is 14.7. The molecular formula is C19H23N3O3. The van der Waals surface area contributed by atoms with Gasteiger partial charge >= 0.3 is 0 Å². The molecule has 1 aliphatic rings. The van der Waals surface area contributed by atoms with Gasteiger partial charge in [0.05, 0.1) is 12.1 Å². The molecule has 1 aromatic carbocycles. The fourth-order valence-electron chi connectivity index (χ4n) is 3.21. The van der Waals surface area contributed by atoms with Crippen molar-refractivity contribution in [3.8, 4) is 0 Å². The lowest BCUT2D eigenvalue weighted by atomic mass is 10.0. The first-order valence-corrected chi connectivity index (χ1v) is 8.63. The number of carbonyl (C=O) groups excluding carboxylic acids is 2. The summed E-state index contributed by atoms with van der Waals surface area (Å²) < 4.78 is 5.06. The summed E-state index contributed by atoms with van der Waals surface area (Å²) in [7, 11) is 0. The lowest BCUT2D eigenvalue weighted by Crippen LogP contribution is -2.38. The summed E-state index contributed by atoms with van der Waals surface area (Å²) in [4.78, 5) is 26.4. The molecule has 2 amide bonds. The van der Waals surface area contributed by atoms with Crippen LogP contribution in [0, 0.1) is 13.8 Å². The van der Waals surface area contributed by atoms with Crippen molar-refractivity contribution in [2.24, 2.45) is 0 Å². The molecule has 132 valence electrons. The van der Waals surface area contributed by atoms with E-state index in [-0.39, 0.29) is 18.2 Å². The molecular weight excluding hydrogens is 318 g/mol. The van der Waals surface area contributed by atoms with E-state index in [2.05, 4.69) is 16.5 Å². The fourth-order valence-corrected chi connectivity index (χ4v) is 3.21. The van der Waals surface area contributed by atoms with Crippen molar-refractivity contribution in [3.05, 3.63) is 46.8 Å². The van der Waals surface area contributed by atoms with Crippen LogP contribution in [0.15, 0.2) is 28.8 Å². The second-order valence-corrected chi connectivity index (χ2v) is 6.36. The summed E-state index contributed by atoms with van der Waals surface area (Å²) in [6, 6.07) is 8.01. The zero-order chi connectivity index (χ0) is 17.8. The maximum atomic E-state index is 12.5. The van der Waals surface area contributed by atoms with Crippen molar-refractivity contribution in [2.45, 2.75) is 39.5 Å². The Kier molecular flexibility index (Phi) is 5.16. The average Bonchev–Trinajstić information content (AvgIpc) is 2.93. The summed E-state index contributed by atoms with van der Waals surface area (Å²) >= 11 is 0. The molecule has 3 rings (SSSR count). The number of hydrogen-bond donors (Lipinski definition) is 1. The third-order valence-corrected chi connectivity index (χ3v) is 4.59. The van der Waals surface area contributed by atoms with Crippen molar-refractivity contribution < 1.29 is 14.1 Å². The molecule has 1 N–H and O–H groups in total. The van der Waals surface area contributed by atoms with Gasteiger partial charge in [-0.3, -0.25) is 9.59 Å². The predicted octanol–water partition coefficient (Wildman–Crippen LogP) is 2.32. The number of carbonyl (C=O) groups is 2. The second kappa shape index (κ2) is 7.51. The Morgan fingerprint density at radius 1 is 1.28 bits per heavy atom. The Hall–Kier alpha value is -2.63. The number of aromatic nitrogens is 1. The van der Waals surface area contributed by atoms with Gasteiger partial charge < -0.3 is 14.7 Å². The number of hydrogen-bond acceptors (Lipinski definition) is 4. The molecule has 6 nitrogen and oxygen atoms in total. The van der Waals surface area contributed by atoms with Crippen molar-refractivity contribution in [2.75, 3.05) is 18.0 Å². The molecule has 0 bridgehead atoms. The highest BCUT2D eigenvalue weighted by molar-refractivity contribution is 5.95. The highest BCUT2D eigenvalue weighted by Crippen LogP contribution is 2.27. The van der Waals surface area contributed by atoms with E-state index in [9.17, 15) is 9.59 Å². The van der Waals surface area contributed by atoms with Gasteiger partial charge in [0.1, 0.15) is 5.76 Å². The van der Waals surface area contributed by atoms with E-state index in [1.807, 2.05) is 30.0 Å². The molecule has 25 heavy (non-hydrogen) atoms. The van der Waals surface area contributed by atoms with Gasteiger partial charge in [-0.15, -0.1) is 0 Å². The van der Waals surface area contributed by atoms with Gasteiger partial charge in [0, 0.05) is 30.8 Å². The molecule has 0 spiro atoms. The SMILES string of the molecule is Cc1noc(C)c1CC(=O)NCCC(=O)N1CCCc2ccccc21. The number of fused-ring (bicyclic) bond motifs is 1. The van der Waals surface area contributed by atoms with Gasteiger partial charge in [-0.1, -0.05) is 23.4 Å². The predicted molar refractivity (Wildman–Crippen MR) is 94.4 cm³/mol. The number of aryl methyl sites for hydroxylation is 3. The molecule has 0 atom stereocenters. The zero-order valence-electron chi connectivity index (χ0n) is 14.7. The summed E-state index contributed by atoms with van der Waals surface area (Å²) in [6.07, 6.45) is 2.50. The van der Waals surface area contributed by atoms with Crippen LogP contribution in [0.5, 0.6) is 0 Å². The standard InChI is InChI=1S/C19H23N3O3/c1-13-16(14(2)25-21-13)12-18(23)20-10-9-19(24)22-11-5-7-15-6-3-4-8-17(15)22/h3-4,6,8H,5,7,9-12H2,1-2H3,(H,20,23). The quantitative estimate of drug-likeness (QED) is 0.905. The smallest absolute Gasteiger partial charge is 0.228 e. The molecule has 0 unspecified atom stereocenters. The number of nitrogens with one attached hydrogen (secondary N) is 1. The van der Waals surface area contributed by atoms with Crippen molar-refractivity contribution in [1.82, 2.24) is 10.5 Å². The Morgan fingerprint density at radius 2 is 2.08 bits per heavy atom. The van der Waals surface area contributed by atoms with Gasteiger partial charge in [-0.2, -0.15) is 0 Å².